The summed E-state index contributed by atoms with van der Waals surface area (Å²) in [5.41, 5.74) is 13.1. The van der Waals surface area contributed by atoms with Gasteiger partial charge in [-0.1, -0.05) is 6.42 Å². The molecule has 7 heteroatoms. The quantitative estimate of drug-likeness (QED) is 0.767. The molecule has 1 aromatic heterocycles. The number of rotatable bonds is 2. The normalized spacial score (nSPS) is 20.9. The number of nitrogens with one attached hydrogen (secondary N) is 1. The van der Waals surface area contributed by atoms with Crippen LogP contribution in [0.2, 0.25) is 0 Å². The molecule has 1 amide bonds. The molecular weight excluding hydrogens is 336 g/mol. The SMILES string of the molecule is Cc1[nH]c2c(C(N)=O)c(F)c(F)c(C3CCCC(N)C3)c2c1C.Cl. The van der Waals surface area contributed by atoms with E-state index in [0.29, 0.717) is 22.9 Å². The largest absolute Gasteiger partial charge is 0.365 e. The van der Waals surface area contributed by atoms with Crippen LogP contribution in [0.1, 0.15) is 58.8 Å². The molecule has 3 rings (SSSR count). The van der Waals surface area contributed by atoms with Crippen LogP contribution in [0.4, 0.5) is 8.78 Å². The number of carbonyl (C=O) groups excluding carboxylic acids is 1. The lowest BCUT2D eigenvalue weighted by molar-refractivity contribution is 0.0997. The van der Waals surface area contributed by atoms with E-state index < -0.39 is 23.1 Å². The number of nitrogens with two attached hydrogens (primary N) is 2. The molecule has 1 aromatic carbocycles. The molecule has 0 aliphatic heterocycles. The van der Waals surface area contributed by atoms with E-state index in [2.05, 4.69) is 4.98 Å². The van der Waals surface area contributed by atoms with Gasteiger partial charge < -0.3 is 16.5 Å². The number of hydrogen-bond acceptors (Lipinski definition) is 2. The number of H-pyrrole nitrogens is 1. The molecule has 24 heavy (non-hydrogen) atoms. The predicted octanol–water partition coefficient (Wildman–Crippen LogP) is 3.57. The Morgan fingerprint density at radius 1 is 1.21 bits per heavy atom. The van der Waals surface area contributed by atoms with E-state index in [1.807, 2.05) is 13.8 Å². The minimum atomic E-state index is -1.17. The van der Waals surface area contributed by atoms with Gasteiger partial charge in [-0.15, -0.1) is 12.4 Å². The second-order valence-corrected chi connectivity index (χ2v) is 6.53. The van der Waals surface area contributed by atoms with Crippen LogP contribution in [0.25, 0.3) is 10.9 Å². The molecular formula is C17H22ClF2N3O. The molecule has 5 N–H and O–H groups in total. The van der Waals surface area contributed by atoms with Crippen LogP contribution in [0.3, 0.4) is 0 Å². The standard InChI is InChI=1S/C17H21F2N3O.ClH/c1-7-8(2)22-16-11(7)12(9-4-3-5-10(20)6-9)14(18)15(19)13(16)17(21)23;/h9-10,22H,3-6,20H2,1-2H3,(H2,21,23);1H. The van der Waals surface area contributed by atoms with Crippen LogP contribution in [-0.4, -0.2) is 16.9 Å². The highest BCUT2D eigenvalue weighted by molar-refractivity contribution is 6.07. The van der Waals surface area contributed by atoms with Crippen LogP contribution in [0.5, 0.6) is 0 Å². The fourth-order valence-corrected chi connectivity index (χ4v) is 3.79. The van der Waals surface area contributed by atoms with Gasteiger partial charge in [0.05, 0.1) is 5.52 Å². The molecule has 132 valence electrons. The van der Waals surface area contributed by atoms with Crippen molar-refractivity contribution in [2.24, 2.45) is 11.5 Å². The van der Waals surface area contributed by atoms with Gasteiger partial charge in [-0.3, -0.25) is 4.79 Å². The number of benzene rings is 1. The van der Waals surface area contributed by atoms with Crippen LogP contribution < -0.4 is 11.5 Å². The van der Waals surface area contributed by atoms with Gasteiger partial charge in [0.25, 0.3) is 5.91 Å². The zero-order chi connectivity index (χ0) is 16.9. The summed E-state index contributed by atoms with van der Waals surface area (Å²) in [5, 5.41) is 0.578. The van der Waals surface area contributed by atoms with E-state index in [9.17, 15) is 13.6 Å². The summed E-state index contributed by atoms with van der Waals surface area (Å²) in [4.78, 5) is 14.6. The second kappa shape index (κ2) is 6.69. The van der Waals surface area contributed by atoms with Gasteiger partial charge in [-0.05, 0) is 44.6 Å². The third-order valence-electron chi connectivity index (χ3n) is 5.04. The van der Waals surface area contributed by atoms with E-state index in [1.54, 1.807) is 0 Å². The van der Waals surface area contributed by atoms with E-state index >= 15 is 0 Å². The zero-order valence-electron chi connectivity index (χ0n) is 13.7. The molecule has 0 spiro atoms. The average Bonchev–Trinajstić information content (AvgIpc) is 2.76. The van der Waals surface area contributed by atoms with Gasteiger partial charge in [0, 0.05) is 22.7 Å². The number of aryl methyl sites for hydroxylation is 2. The zero-order valence-corrected chi connectivity index (χ0v) is 14.5. The number of amides is 1. The minimum Gasteiger partial charge on any atom is -0.365 e. The summed E-state index contributed by atoms with van der Waals surface area (Å²) in [7, 11) is 0. The van der Waals surface area contributed by atoms with Crippen molar-refractivity contribution in [3.8, 4) is 0 Å². The topological polar surface area (TPSA) is 84.9 Å². The Morgan fingerprint density at radius 3 is 2.46 bits per heavy atom. The maximum atomic E-state index is 14.8. The number of halogens is 3. The highest BCUT2D eigenvalue weighted by Crippen LogP contribution is 2.41. The van der Waals surface area contributed by atoms with Crippen molar-refractivity contribution >= 4 is 29.2 Å². The number of carbonyl (C=O) groups is 1. The monoisotopic (exact) mass is 357 g/mol. The molecule has 1 heterocycles. The summed E-state index contributed by atoms with van der Waals surface area (Å²) in [6.07, 6.45) is 3.16. The van der Waals surface area contributed by atoms with Crippen molar-refractivity contribution < 1.29 is 13.6 Å². The van der Waals surface area contributed by atoms with E-state index in [4.69, 9.17) is 11.5 Å². The van der Waals surface area contributed by atoms with Crippen LogP contribution in [0, 0.1) is 25.5 Å². The molecule has 0 bridgehead atoms. The molecule has 1 fully saturated rings. The van der Waals surface area contributed by atoms with Crippen molar-refractivity contribution in [3.63, 3.8) is 0 Å². The van der Waals surface area contributed by atoms with Gasteiger partial charge >= 0.3 is 0 Å². The highest BCUT2D eigenvalue weighted by Gasteiger charge is 2.31. The third kappa shape index (κ3) is 2.78. The first-order valence-electron chi connectivity index (χ1n) is 7.88. The van der Waals surface area contributed by atoms with Crippen LogP contribution in [-0.2, 0) is 0 Å². The Labute approximate surface area is 145 Å². The summed E-state index contributed by atoms with van der Waals surface area (Å²) in [6.45, 7) is 3.65. The third-order valence-corrected chi connectivity index (χ3v) is 5.04. The molecule has 1 aliphatic rings. The van der Waals surface area contributed by atoms with Crippen molar-refractivity contribution in [2.45, 2.75) is 51.5 Å². The summed E-state index contributed by atoms with van der Waals surface area (Å²) >= 11 is 0. The lowest BCUT2D eigenvalue weighted by Crippen LogP contribution is -2.28. The van der Waals surface area contributed by atoms with Crippen LogP contribution >= 0.6 is 12.4 Å². The second-order valence-electron chi connectivity index (χ2n) is 6.53. The van der Waals surface area contributed by atoms with E-state index in [0.717, 1.165) is 30.5 Å². The van der Waals surface area contributed by atoms with Crippen molar-refractivity contribution in [2.75, 3.05) is 0 Å². The van der Waals surface area contributed by atoms with Crippen molar-refractivity contribution in [1.82, 2.24) is 4.98 Å². The predicted molar refractivity (Wildman–Crippen MR) is 92.6 cm³/mol. The van der Waals surface area contributed by atoms with Gasteiger partial charge in [0.1, 0.15) is 5.56 Å². The summed E-state index contributed by atoms with van der Waals surface area (Å²) < 4.78 is 29.3. The molecule has 2 unspecified atom stereocenters. The average molecular weight is 358 g/mol. The smallest absolute Gasteiger partial charge is 0.253 e. The molecule has 2 aromatic rings. The number of aromatic amines is 1. The lowest BCUT2D eigenvalue weighted by atomic mass is 9.79. The Hall–Kier alpha value is -1.66. The molecule has 1 saturated carbocycles. The van der Waals surface area contributed by atoms with Crippen LogP contribution in [0.15, 0.2) is 0 Å². The first kappa shape index (κ1) is 18.7. The first-order chi connectivity index (χ1) is 10.8. The molecule has 0 radical (unpaired) electrons. The Bertz CT molecular complexity index is 803. The molecule has 4 nitrogen and oxygen atoms in total. The number of primary amides is 1. The maximum absolute atomic E-state index is 14.8. The number of hydrogen-bond donors (Lipinski definition) is 3. The van der Waals surface area contributed by atoms with Crippen molar-refractivity contribution in [3.05, 3.63) is 34.0 Å². The van der Waals surface area contributed by atoms with E-state index in [-0.39, 0.29) is 24.4 Å². The molecule has 0 saturated heterocycles. The van der Waals surface area contributed by atoms with Gasteiger partial charge in [-0.2, -0.15) is 0 Å². The number of aromatic nitrogens is 1. The lowest BCUT2D eigenvalue weighted by Gasteiger charge is -2.28. The van der Waals surface area contributed by atoms with Gasteiger partial charge in [0.2, 0.25) is 0 Å². The van der Waals surface area contributed by atoms with E-state index in [1.165, 1.54) is 0 Å². The summed E-state index contributed by atoms with van der Waals surface area (Å²) in [6, 6.07) is -0.0116. The van der Waals surface area contributed by atoms with Gasteiger partial charge in [-0.25, -0.2) is 8.78 Å². The Morgan fingerprint density at radius 2 is 1.88 bits per heavy atom. The fourth-order valence-electron chi connectivity index (χ4n) is 3.79. The fraction of sp³-hybridized carbons (Fsp3) is 0.471. The maximum Gasteiger partial charge on any atom is 0.253 e. The highest BCUT2D eigenvalue weighted by atomic mass is 35.5. The first-order valence-corrected chi connectivity index (χ1v) is 7.88. The summed E-state index contributed by atoms with van der Waals surface area (Å²) in [5.74, 6) is -3.25. The van der Waals surface area contributed by atoms with Gasteiger partial charge in [0.15, 0.2) is 11.6 Å². The molecule has 2 atom stereocenters. The van der Waals surface area contributed by atoms with Crippen molar-refractivity contribution in [1.29, 1.82) is 0 Å². The minimum absolute atomic E-state index is 0. The Balaban J connectivity index is 0.00000208. The number of fused-ring (bicyclic) bond motifs is 1. The molecule has 1 aliphatic carbocycles. The Kier molecular flexibility index (Phi) is 5.20.